The molecule has 0 aliphatic carbocycles. The minimum absolute atomic E-state index is 0.0205. The van der Waals surface area contributed by atoms with Gasteiger partial charge in [-0.25, -0.2) is 4.98 Å². The average Bonchev–Trinajstić information content (AvgIpc) is 3.07. The van der Waals surface area contributed by atoms with Crippen LogP contribution in [0.4, 0.5) is 5.69 Å². The van der Waals surface area contributed by atoms with Gasteiger partial charge in [0.2, 0.25) is 0 Å². The highest BCUT2D eigenvalue weighted by Gasteiger charge is 2.26. The van der Waals surface area contributed by atoms with Gasteiger partial charge >= 0.3 is 0 Å². The number of nitrogens with zero attached hydrogens (tertiary/aromatic N) is 4. The van der Waals surface area contributed by atoms with Gasteiger partial charge in [0, 0.05) is 45.0 Å². The Hall–Kier alpha value is -2.87. The predicted molar refractivity (Wildman–Crippen MR) is 111 cm³/mol. The van der Waals surface area contributed by atoms with E-state index in [9.17, 15) is 9.59 Å². The van der Waals surface area contributed by atoms with Crippen molar-refractivity contribution in [1.29, 1.82) is 0 Å². The van der Waals surface area contributed by atoms with Crippen molar-refractivity contribution in [3.05, 3.63) is 51.4 Å². The lowest BCUT2D eigenvalue weighted by atomic mass is 10.2. The standard InChI is InChI=1S/C20H22N4O3S/c1-13-16-18(21-12-22(2)19(16)25)28-17(13)20(26)24-9-7-23(8-10-24)14-5-4-6-15(11-14)27-3/h4-6,11-12H,7-10H2,1-3H3. The second kappa shape index (κ2) is 7.27. The summed E-state index contributed by atoms with van der Waals surface area (Å²) in [6, 6.07) is 7.96. The summed E-state index contributed by atoms with van der Waals surface area (Å²) in [7, 11) is 3.33. The van der Waals surface area contributed by atoms with Crippen molar-refractivity contribution in [2.75, 3.05) is 38.2 Å². The summed E-state index contributed by atoms with van der Waals surface area (Å²) in [6.07, 6.45) is 1.50. The number of carbonyl (C=O) groups excluding carboxylic acids is 1. The molecular formula is C20H22N4O3S. The number of aromatic nitrogens is 2. The zero-order valence-corrected chi connectivity index (χ0v) is 17.0. The van der Waals surface area contributed by atoms with E-state index in [4.69, 9.17) is 4.74 Å². The van der Waals surface area contributed by atoms with E-state index >= 15 is 0 Å². The van der Waals surface area contributed by atoms with Crippen LogP contribution >= 0.6 is 11.3 Å². The van der Waals surface area contributed by atoms with E-state index < -0.39 is 0 Å². The molecule has 1 fully saturated rings. The van der Waals surface area contributed by atoms with Crippen LogP contribution in [-0.4, -0.2) is 53.6 Å². The van der Waals surface area contributed by atoms with Gasteiger partial charge in [-0.05, 0) is 24.6 Å². The molecule has 0 bridgehead atoms. The van der Waals surface area contributed by atoms with Crippen LogP contribution < -0.4 is 15.2 Å². The zero-order valence-electron chi connectivity index (χ0n) is 16.1. The molecule has 0 unspecified atom stereocenters. The van der Waals surface area contributed by atoms with Crippen molar-refractivity contribution in [1.82, 2.24) is 14.5 Å². The highest BCUT2D eigenvalue weighted by Crippen LogP contribution is 2.29. The van der Waals surface area contributed by atoms with Gasteiger partial charge in [-0.15, -0.1) is 11.3 Å². The Morgan fingerprint density at radius 3 is 2.68 bits per heavy atom. The number of amides is 1. The number of fused-ring (bicyclic) bond motifs is 1. The maximum atomic E-state index is 13.1. The number of methoxy groups -OCH3 is 1. The monoisotopic (exact) mass is 398 g/mol. The van der Waals surface area contributed by atoms with Crippen LogP contribution in [0.2, 0.25) is 0 Å². The Morgan fingerprint density at radius 2 is 1.96 bits per heavy atom. The molecule has 7 nitrogen and oxygen atoms in total. The summed E-state index contributed by atoms with van der Waals surface area (Å²) in [6.45, 7) is 4.61. The van der Waals surface area contributed by atoms with Crippen LogP contribution in [0, 0.1) is 6.92 Å². The Morgan fingerprint density at radius 1 is 1.21 bits per heavy atom. The normalized spacial score (nSPS) is 14.5. The third kappa shape index (κ3) is 3.13. The number of benzene rings is 1. The minimum atomic E-state index is -0.111. The molecule has 146 valence electrons. The number of ether oxygens (including phenoxy) is 1. The molecule has 1 aliphatic rings. The van der Waals surface area contributed by atoms with E-state index in [1.807, 2.05) is 30.0 Å². The van der Waals surface area contributed by atoms with Crippen LogP contribution in [0.3, 0.4) is 0 Å². The van der Waals surface area contributed by atoms with E-state index in [1.165, 1.54) is 22.2 Å². The quantitative estimate of drug-likeness (QED) is 0.677. The van der Waals surface area contributed by atoms with E-state index in [0.717, 1.165) is 30.1 Å². The molecule has 0 saturated carbocycles. The molecule has 4 rings (SSSR count). The second-order valence-corrected chi connectivity index (χ2v) is 7.88. The van der Waals surface area contributed by atoms with Crippen molar-refractivity contribution in [2.45, 2.75) is 6.92 Å². The third-order valence-corrected chi connectivity index (χ3v) is 6.38. The molecule has 3 heterocycles. The van der Waals surface area contributed by atoms with Crippen molar-refractivity contribution in [2.24, 2.45) is 7.05 Å². The number of hydrogen-bond acceptors (Lipinski definition) is 6. The van der Waals surface area contributed by atoms with Gasteiger partial charge in [0.1, 0.15) is 10.6 Å². The summed E-state index contributed by atoms with van der Waals surface area (Å²) >= 11 is 1.30. The van der Waals surface area contributed by atoms with Crippen LogP contribution in [0.5, 0.6) is 5.75 Å². The van der Waals surface area contributed by atoms with Gasteiger partial charge < -0.3 is 19.1 Å². The molecule has 28 heavy (non-hydrogen) atoms. The number of rotatable bonds is 3. The highest BCUT2D eigenvalue weighted by atomic mass is 32.1. The third-order valence-electron chi connectivity index (χ3n) is 5.19. The summed E-state index contributed by atoms with van der Waals surface area (Å²) in [5, 5.41) is 0.549. The number of hydrogen-bond donors (Lipinski definition) is 0. The van der Waals surface area contributed by atoms with E-state index in [0.29, 0.717) is 28.2 Å². The predicted octanol–water partition coefficient (Wildman–Crippen LogP) is 2.27. The average molecular weight is 398 g/mol. The molecule has 1 saturated heterocycles. The first-order valence-electron chi connectivity index (χ1n) is 9.12. The maximum Gasteiger partial charge on any atom is 0.264 e. The summed E-state index contributed by atoms with van der Waals surface area (Å²) in [5.74, 6) is 0.804. The minimum Gasteiger partial charge on any atom is -0.497 e. The maximum absolute atomic E-state index is 13.1. The molecule has 1 amide bonds. The smallest absolute Gasteiger partial charge is 0.264 e. The first kappa shape index (κ1) is 18.5. The molecule has 0 atom stereocenters. The van der Waals surface area contributed by atoms with Gasteiger partial charge in [-0.1, -0.05) is 6.07 Å². The lowest BCUT2D eigenvalue weighted by molar-refractivity contribution is 0.0751. The Labute approximate surface area is 166 Å². The van der Waals surface area contributed by atoms with Gasteiger partial charge in [-0.2, -0.15) is 0 Å². The van der Waals surface area contributed by atoms with Crippen molar-refractivity contribution >= 4 is 33.1 Å². The molecule has 0 radical (unpaired) electrons. The largest absolute Gasteiger partial charge is 0.497 e. The van der Waals surface area contributed by atoms with Crippen LogP contribution in [0.15, 0.2) is 35.4 Å². The summed E-state index contributed by atoms with van der Waals surface area (Å²) in [5.41, 5.74) is 1.71. The van der Waals surface area contributed by atoms with Gasteiger partial charge in [0.15, 0.2) is 0 Å². The first-order valence-corrected chi connectivity index (χ1v) is 9.94. The fourth-order valence-corrected chi connectivity index (χ4v) is 4.64. The molecule has 0 N–H and O–H groups in total. The van der Waals surface area contributed by atoms with E-state index in [-0.39, 0.29) is 11.5 Å². The Balaban J connectivity index is 1.53. The molecule has 1 aliphatic heterocycles. The molecule has 1 aromatic carbocycles. The van der Waals surface area contributed by atoms with E-state index in [1.54, 1.807) is 14.2 Å². The van der Waals surface area contributed by atoms with Crippen molar-refractivity contribution in [3.63, 3.8) is 0 Å². The highest BCUT2D eigenvalue weighted by molar-refractivity contribution is 7.20. The molecule has 2 aromatic heterocycles. The second-order valence-electron chi connectivity index (χ2n) is 6.88. The van der Waals surface area contributed by atoms with Crippen molar-refractivity contribution < 1.29 is 9.53 Å². The number of anilines is 1. The first-order chi connectivity index (χ1) is 13.5. The summed E-state index contributed by atoms with van der Waals surface area (Å²) < 4.78 is 6.75. The lowest BCUT2D eigenvalue weighted by Gasteiger charge is -2.36. The number of piperazine rings is 1. The fourth-order valence-electron chi connectivity index (χ4n) is 3.53. The van der Waals surface area contributed by atoms with E-state index in [2.05, 4.69) is 16.0 Å². The zero-order chi connectivity index (χ0) is 19.8. The summed E-state index contributed by atoms with van der Waals surface area (Å²) in [4.78, 5) is 35.1. The van der Waals surface area contributed by atoms with Crippen LogP contribution in [0.25, 0.3) is 10.2 Å². The van der Waals surface area contributed by atoms with Gasteiger partial charge in [0.05, 0.1) is 23.7 Å². The topological polar surface area (TPSA) is 67.7 Å². The molecular weight excluding hydrogens is 376 g/mol. The lowest BCUT2D eigenvalue weighted by Crippen LogP contribution is -2.48. The van der Waals surface area contributed by atoms with Gasteiger partial charge in [0.25, 0.3) is 11.5 Å². The Kier molecular flexibility index (Phi) is 4.80. The molecule has 8 heteroatoms. The van der Waals surface area contributed by atoms with Crippen LogP contribution in [-0.2, 0) is 7.05 Å². The van der Waals surface area contributed by atoms with Gasteiger partial charge in [-0.3, -0.25) is 9.59 Å². The van der Waals surface area contributed by atoms with Crippen LogP contribution in [0.1, 0.15) is 15.2 Å². The number of carbonyl (C=O) groups is 1. The number of aryl methyl sites for hydroxylation is 2. The Bertz CT molecular complexity index is 1100. The number of thiophene rings is 1. The molecule has 3 aromatic rings. The van der Waals surface area contributed by atoms with Crippen molar-refractivity contribution in [3.8, 4) is 5.75 Å². The fraction of sp³-hybridized carbons (Fsp3) is 0.350. The molecule has 0 spiro atoms. The SMILES string of the molecule is COc1cccc(N2CCN(C(=O)c3sc4ncn(C)c(=O)c4c3C)CC2)c1.